The van der Waals surface area contributed by atoms with Crippen molar-refractivity contribution in [2.24, 2.45) is 10.2 Å². The molecule has 43 heavy (non-hydrogen) atoms. The van der Waals surface area contributed by atoms with E-state index in [-0.39, 0.29) is 36.5 Å². The van der Waals surface area contributed by atoms with E-state index in [1.807, 2.05) is 49.1 Å². The standard InChI is InChI=1S/C30H39N7O5S/c1-22(2)37(14-16-38)15-20-43(40,41)26-11-9-25(10-12-26)35-36-28-23(3)27(21-31)29(33-24-7-5-4-6-8-24)34-30(28)32-13-18-42-19-17-39/h4-12,22,38-39H,13-20H2,1-3H3,(H2,32,33,34). The second-order valence-corrected chi connectivity index (χ2v) is 12.0. The number of pyridine rings is 1. The topological polar surface area (TPSA) is 173 Å². The molecule has 0 spiro atoms. The van der Waals surface area contributed by atoms with Gasteiger partial charge >= 0.3 is 0 Å². The van der Waals surface area contributed by atoms with E-state index in [1.165, 1.54) is 12.1 Å². The SMILES string of the molecule is Cc1c(C#N)c(Nc2ccccc2)nc(NCCOCCO)c1N=Nc1ccc(S(=O)(=O)CCN(CCO)C(C)C)cc1. The summed E-state index contributed by atoms with van der Waals surface area (Å²) < 4.78 is 31.2. The fourth-order valence-corrected chi connectivity index (χ4v) is 5.43. The number of aliphatic hydroxyl groups is 2. The molecule has 0 fully saturated rings. The highest BCUT2D eigenvalue weighted by atomic mass is 32.2. The zero-order chi connectivity index (χ0) is 31.2. The van der Waals surface area contributed by atoms with Gasteiger partial charge in [0.05, 0.1) is 48.3 Å². The molecule has 0 unspecified atom stereocenters. The van der Waals surface area contributed by atoms with Crippen molar-refractivity contribution in [1.82, 2.24) is 9.88 Å². The van der Waals surface area contributed by atoms with Crippen molar-refractivity contribution in [2.45, 2.75) is 31.7 Å². The Labute approximate surface area is 253 Å². The van der Waals surface area contributed by atoms with Gasteiger partial charge < -0.3 is 25.6 Å². The summed E-state index contributed by atoms with van der Waals surface area (Å²) in [6.45, 7) is 7.15. The summed E-state index contributed by atoms with van der Waals surface area (Å²) in [7, 11) is -3.55. The van der Waals surface area contributed by atoms with Crippen molar-refractivity contribution in [2.75, 3.05) is 62.4 Å². The fraction of sp³-hybridized carbons (Fsp3) is 0.400. The molecule has 0 saturated carbocycles. The number of nitrogens with one attached hydrogen (secondary N) is 2. The Kier molecular flexibility index (Phi) is 13.0. The Balaban J connectivity index is 1.86. The van der Waals surface area contributed by atoms with Gasteiger partial charge in [-0.1, -0.05) is 18.2 Å². The van der Waals surface area contributed by atoms with Crippen molar-refractivity contribution in [3.8, 4) is 6.07 Å². The van der Waals surface area contributed by atoms with Gasteiger partial charge in [0.2, 0.25) is 0 Å². The van der Waals surface area contributed by atoms with Crippen molar-refractivity contribution in [3.63, 3.8) is 0 Å². The minimum Gasteiger partial charge on any atom is -0.395 e. The maximum absolute atomic E-state index is 12.9. The second kappa shape index (κ2) is 16.6. The fourth-order valence-electron chi connectivity index (χ4n) is 4.17. The molecule has 3 rings (SSSR count). The van der Waals surface area contributed by atoms with Crippen LogP contribution in [0.15, 0.2) is 69.7 Å². The Morgan fingerprint density at radius 3 is 2.35 bits per heavy atom. The molecule has 3 aromatic rings. The third-order valence-electron chi connectivity index (χ3n) is 6.56. The van der Waals surface area contributed by atoms with E-state index in [0.29, 0.717) is 60.4 Å². The number of benzene rings is 2. The van der Waals surface area contributed by atoms with E-state index in [1.54, 1.807) is 19.1 Å². The van der Waals surface area contributed by atoms with Crippen LogP contribution < -0.4 is 10.6 Å². The van der Waals surface area contributed by atoms with Crippen LogP contribution in [-0.4, -0.2) is 86.4 Å². The summed E-state index contributed by atoms with van der Waals surface area (Å²) in [6.07, 6.45) is 0. The van der Waals surface area contributed by atoms with Crippen molar-refractivity contribution in [1.29, 1.82) is 5.26 Å². The number of sulfone groups is 1. The van der Waals surface area contributed by atoms with Gasteiger partial charge in [-0.15, -0.1) is 5.11 Å². The lowest BCUT2D eigenvalue weighted by molar-refractivity contribution is 0.0992. The summed E-state index contributed by atoms with van der Waals surface area (Å²) in [6, 6.07) is 17.8. The van der Waals surface area contributed by atoms with Gasteiger partial charge in [-0.05, 0) is 57.2 Å². The van der Waals surface area contributed by atoms with Gasteiger partial charge in [0.25, 0.3) is 0 Å². The molecule has 1 heterocycles. The molecule has 0 saturated heterocycles. The summed E-state index contributed by atoms with van der Waals surface area (Å²) >= 11 is 0. The highest BCUT2D eigenvalue weighted by Crippen LogP contribution is 2.35. The molecule has 1 aromatic heterocycles. The first-order valence-corrected chi connectivity index (χ1v) is 15.6. The number of nitrogens with zero attached hydrogens (tertiary/aromatic N) is 5. The van der Waals surface area contributed by atoms with Crippen LogP contribution in [0, 0.1) is 18.3 Å². The summed E-state index contributed by atoms with van der Waals surface area (Å²) in [4.78, 5) is 6.72. The summed E-state index contributed by atoms with van der Waals surface area (Å²) in [5.74, 6) is 0.658. The van der Waals surface area contributed by atoms with Gasteiger partial charge in [-0.3, -0.25) is 4.90 Å². The number of hydrogen-bond donors (Lipinski definition) is 4. The first-order chi connectivity index (χ1) is 20.7. The number of aliphatic hydroxyl groups excluding tert-OH is 2. The highest BCUT2D eigenvalue weighted by Gasteiger charge is 2.19. The van der Waals surface area contributed by atoms with Crippen molar-refractivity contribution >= 4 is 38.5 Å². The lowest BCUT2D eigenvalue weighted by atomic mass is 10.1. The quantitative estimate of drug-likeness (QED) is 0.128. The van der Waals surface area contributed by atoms with Crippen LogP contribution in [0.3, 0.4) is 0 Å². The van der Waals surface area contributed by atoms with E-state index in [9.17, 15) is 18.8 Å². The predicted octanol–water partition coefficient (Wildman–Crippen LogP) is 4.32. The molecule has 0 aliphatic carbocycles. The number of anilines is 3. The lowest BCUT2D eigenvalue weighted by Gasteiger charge is -2.25. The highest BCUT2D eigenvalue weighted by molar-refractivity contribution is 7.91. The van der Waals surface area contributed by atoms with Crippen LogP contribution in [0.4, 0.5) is 28.7 Å². The molecule has 0 aliphatic rings. The van der Waals surface area contributed by atoms with Gasteiger partial charge in [-0.25, -0.2) is 13.4 Å². The van der Waals surface area contributed by atoms with E-state index in [4.69, 9.17) is 9.84 Å². The Morgan fingerprint density at radius 2 is 1.72 bits per heavy atom. The second-order valence-electron chi connectivity index (χ2n) is 9.89. The molecule has 0 bridgehead atoms. The third kappa shape index (κ3) is 9.81. The average molecular weight is 610 g/mol. The maximum Gasteiger partial charge on any atom is 0.179 e. The lowest BCUT2D eigenvalue weighted by Crippen LogP contribution is -2.37. The minimum absolute atomic E-state index is 0.0379. The molecule has 12 nitrogen and oxygen atoms in total. The number of para-hydroxylation sites is 1. The van der Waals surface area contributed by atoms with Gasteiger partial charge in [0.1, 0.15) is 11.8 Å². The molecule has 4 N–H and O–H groups in total. The Morgan fingerprint density at radius 1 is 1.00 bits per heavy atom. The van der Waals surface area contributed by atoms with Crippen LogP contribution >= 0.6 is 0 Å². The van der Waals surface area contributed by atoms with Crippen LogP contribution in [0.1, 0.15) is 25.0 Å². The summed E-state index contributed by atoms with van der Waals surface area (Å²) in [5, 5.41) is 43.2. The molecule has 13 heteroatoms. The van der Waals surface area contributed by atoms with Crippen molar-refractivity contribution < 1.29 is 23.4 Å². The minimum atomic E-state index is -3.55. The van der Waals surface area contributed by atoms with Gasteiger partial charge in [0.15, 0.2) is 21.5 Å². The van der Waals surface area contributed by atoms with Crippen molar-refractivity contribution in [3.05, 3.63) is 65.7 Å². The first kappa shape index (κ1) is 33.6. The number of ether oxygens (including phenoxy) is 1. The number of hydrogen-bond acceptors (Lipinski definition) is 12. The Bertz CT molecular complexity index is 1490. The van der Waals surface area contributed by atoms with E-state index < -0.39 is 9.84 Å². The molecule has 0 radical (unpaired) electrons. The van der Waals surface area contributed by atoms with Gasteiger partial charge in [-0.2, -0.15) is 10.4 Å². The molecule has 2 aromatic carbocycles. The predicted molar refractivity (Wildman–Crippen MR) is 166 cm³/mol. The number of nitriles is 1. The smallest absolute Gasteiger partial charge is 0.179 e. The van der Waals surface area contributed by atoms with E-state index in [2.05, 4.69) is 31.9 Å². The van der Waals surface area contributed by atoms with E-state index >= 15 is 0 Å². The van der Waals surface area contributed by atoms with Crippen LogP contribution in [0.2, 0.25) is 0 Å². The van der Waals surface area contributed by atoms with Crippen LogP contribution in [-0.2, 0) is 14.6 Å². The molecule has 0 aliphatic heterocycles. The largest absolute Gasteiger partial charge is 0.395 e. The molecular formula is C30H39N7O5S. The molecular weight excluding hydrogens is 570 g/mol. The zero-order valence-electron chi connectivity index (χ0n) is 24.7. The monoisotopic (exact) mass is 609 g/mol. The molecule has 0 amide bonds. The first-order valence-electron chi connectivity index (χ1n) is 14.0. The van der Waals surface area contributed by atoms with E-state index in [0.717, 1.165) is 5.69 Å². The zero-order valence-corrected chi connectivity index (χ0v) is 25.5. The molecule has 230 valence electrons. The normalized spacial score (nSPS) is 11.8. The van der Waals surface area contributed by atoms with Crippen LogP contribution in [0.5, 0.6) is 0 Å². The molecule has 0 atom stereocenters. The number of rotatable bonds is 17. The average Bonchev–Trinajstić information content (AvgIpc) is 2.99. The van der Waals surface area contributed by atoms with Crippen LogP contribution in [0.25, 0.3) is 0 Å². The third-order valence-corrected chi connectivity index (χ3v) is 8.27. The van der Waals surface area contributed by atoms with Gasteiger partial charge in [0, 0.05) is 36.9 Å². The number of azo groups is 1. The maximum atomic E-state index is 12.9. The number of aromatic nitrogens is 1. The summed E-state index contributed by atoms with van der Waals surface area (Å²) in [5.41, 5.74) is 2.39. The Hall–Kier alpha value is -3.93.